The van der Waals surface area contributed by atoms with Gasteiger partial charge in [0.1, 0.15) is 5.58 Å². The second-order valence-electron chi connectivity index (χ2n) is 14.1. The van der Waals surface area contributed by atoms with E-state index in [2.05, 4.69) is 90.5 Å². The number of aromatic nitrogens is 4. The zero-order chi connectivity index (χ0) is 36.8. The van der Waals surface area contributed by atoms with Crippen molar-refractivity contribution in [3.05, 3.63) is 138 Å². The Bertz CT molecular complexity index is 2540. The number of hydrogen-bond donors (Lipinski definition) is 0. The third kappa shape index (κ3) is 7.38. The molecule has 5 nitrogen and oxygen atoms in total. The van der Waals surface area contributed by atoms with Crippen molar-refractivity contribution in [1.29, 1.82) is 0 Å². The molecule has 0 amide bonds. The van der Waals surface area contributed by atoms with Gasteiger partial charge in [-0.2, -0.15) is 0 Å². The minimum Gasteiger partial charge on any atom is -0.501 e. The van der Waals surface area contributed by atoms with Crippen LogP contribution in [0.2, 0.25) is 19.6 Å². The Morgan fingerprint density at radius 3 is 2.43 bits per heavy atom. The van der Waals surface area contributed by atoms with Gasteiger partial charge in [-0.15, -0.1) is 53.6 Å². The molecule has 1 radical (unpaired) electrons. The molecule has 0 aliphatic carbocycles. The molecule has 0 atom stereocenters. The van der Waals surface area contributed by atoms with E-state index < -0.39 is 14.4 Å². The molecule has 0 bridgehead atoms. The standard InChI is InChI=1S/C26H18N3O.C18H24NSi.Ir/c1-16-8-10-19-23(14-16)30-25-20(11-9-17(2)24(19)25)26-28-21-12-13-27-15-22(21)29(26)18-6-4-3-5-7-18;1-14(2)11-16-12-17(15-9-7-6-8-10-15)19-13-18(16)20(3,4)5;/h3-10,12-15H,1-2H3;6-9,12-14H,11H2,1-5H3;/q2*-1;/i;11D2;. The molecule has 51 heavy (non-hydrogen) atoms. The summed E-state index contributed by atoms with van der Waals surface area (Å²) in [4.78, 5) is 13.9. The van der Waals surface area contributed by atoms with Gasteiger partial charge in [0.05, 0.1) is 36.7 Å². The van der Waals surface area contributed by atoms with Crippen LogP contribution in [0, 0.1) is 31.9 Å². The minimum atomic E-state index is -1.67. The number of rotatable bonds is 6. The zero-order valence-corrected chi connectivity index (χ0v) is 33.4. The maximum absolute atomic E-state index is 8.55. The van der Waals surface area contributed by atoms with Crippen LogP contribution in [0.5, 0.6) is 0 Å². The smallest absolute Gasteiger partial charge is 0.121 e. The largest absolute Gasteiger partial charge is 0.501 e. The first-order valence-corrected chi connectivity index (χ1v) is 20.5. The number of para-hydroxylation sites is 1. The van der Waals surface area contributed by atoms with Crippen molar-refractivity contribution in [2.45, 2.75) is 53.7 Å². The maximum atomic E-state index is 8.55. The number of imidazole rings is 1. The van der Waals surface area contributed by atoms with Crippen LogP contribution in [0.4, 0.5) is 0 Å². The van der Waals surface area contributed by atoms with Crippen LogP contribution in [0.1, 0.15) is 33.3 Å². The predicted octanol–water partition coefficient (Wildman–Crippen LogP) is 10.7. The molecule has 8 rings (SSSR count). The second kappa shape index (κ2) is 14.9. The molecule has 259 valence electrons. The molecule has 4 heterocycles. The van der Waals surface area contributed by atoms with Crippen molar-refractivity contribution >= 4 is 46.2 Å². The molecule has 0 saturated heterocycles. The molecule has 0 aliphatic heterocycles. The molecular weight excluding hydrogens is 821 g/mol. The Hall–Kier alpha value is -4.68. The van der Waals surface area contributed by atoms with E-state index in [1.165, 1.54) is 5.56 Å². The number of hydrogen-bond acceptors (Lipinski definition) is 4. The predicted molar refractivity (Wildman–Crippen MR) is 210 cm³/mol. The van der Waals surface area contributed by atoms with E-state index in [-0.39, 0.29) is 26.0 Å². The summed E-state index contributed by atoms with van der Waals surface area (Å²) < 4.78 is 25.6. The third-order valence-electron chi connectivity index (χ3n) is 8.74. The molecular formula is C44H42IrN4OSi-2. The molecule has 0 unspecified atom stereocenters. The molecule has 7 heteroatoms. The van der Waals surface area contributed by atoms with Crippen LogP contribution in [-0.2, 0) is 26.5 Å². The van der Waals surface area contributed by atoms with Crippen LogP contribution in [0.15, 0.2) is 114 Å². The summed E-state index contributed by atoms with van der Waals surface area (Å²) in [6.45, 7) is 14.7. The molecule has 0 aliphatic rings. The van der Waals surface area contributed by atoms with Crippen molar-refractivity contribution in [2.24, 2.45) is 5.92 Å². The maximum Gasteiger partial charge on any atom is 0.121 e. The minimum absolute atomic E-state index is 0. The van der Waals surface area contributed by atoms with Gasteiger partial charge in [-0.3, -0.25) is 9.97 Å². The summed E-state index contributed by atoms with van der Waals surface area (Å²) in [7, 11) is -1.67. The first-order valence-electron chi connectivity index (χ1n) is 18.0. The molecule has 4 aromatic carbocycles. The average molecular weight is 865 g/mol. The van der Waals surface area contributed by atoms with E-state index in [0.717, 1.165) is 77.6 Å². The summed E-state index contributed by atoms with van der Waals surface area (Å²) in [6.07, 6.45) is 4.15. The molecule has 0 fully saturated rings. The van der Waals surface area contributed by atoms with Gasteiger partial charge in [0.15, 0.2) is 0 Å². The van der Waals surface area contributed by atoms with Crippen molar-refractivity contribution < 1.29 is 27.3 Å². The summed E-state index contributed by atoms with van der Waals surface area (Å²) in [5.74, 6) is 0.711. The fraction of sp³-hybridized carbons (Fsp3) is 0.205. The van der Waals surface area contributed by atoms with E-state index >= 15 is 0 Å². The quantitative estimate of drug-likeness (QED) is 0.123. The average Bonchev–Trinajstić information content (AvgIpc) is 3.71. The first-order chi connectivity index (χ1) is 24.8. The number of fused-ring (bicyclic) bond motifs is 4. The van der Waals surface area contributed by atoms with Gasteiger partial charge in [0, 0.05) is 46.3 Å². The van der Waals surface area contributed by atoms with Crippen LogP contribution < -0.4 is 5.19 Å². The van der Waals surface area contributed by atoms with E-state index in [1.54, 1.807) is 6.20 Å². The topological polar surface area (TPSA) is 56.7 Å². The zero-order valence-electron chi connectivity index (χ0n) is 32.0. The second-order valence-corrected chi connectivity index (χ2v) is 19.1. The molecule has 0 saturated carbocycles. The summed E-state index contributed by atoms with van der Waals surface area (Å²) in [6, 6.07) is 36.8. The van der Waals surface area contributed by atoms with Gasteiger partial charge in [0.25, 0.3) is 0 Å². The van der Waals surface area contributed by atoms with E-state index in [1.807, 2.05) is 86.9 Å². The Labute approximate surface area is 318 Å². The van der Waals surface area contributed by atoms with E-state index in [0.29, 0.717) is 0 Å². The van der Waals surface area contributed by atoms with Crippen LogP contribution in [-0.4, -0.2) is 27.6 Å². The van der Waals surface area contributed by atoms with Crippen LogP contribution >= 0.6 is 0 Å². The number of furan rings is 1. The van der Waals surface area contributed by atoms with Crippen molar-refractivity contribution in [1.82, 2.24) is 19.5 Å². The third-order valence-corrected chi connectivity index (χ3v) is 10.8. The van der Waals surface area contributed by atoms with Gasteiger partial charge in [-0.05, 0) is 59.9 Å². The van der Waals surface area contributed by atoms with Crippen molar-refractivity contribution in [2.75, 3.05) is 0 Å². The van der Waals surface area contributed by atoms with Gasteiger partial charge in [-0.1, -0.05) is 93.3 Å². The summed E-state index contributed by atoms with van der Waals surface area (Å²) >= 11 is 0. The number of aryl methyl sites for hydroxylation is 2. The van der Waals surface area contributed by atoms with Crippen LogP contribution in [0.3, 0.4) is 0 Å². The molecule has 0 N–H and O–H groups in total. The Morgan fingerprint density at radius 2 is 1.71 bits per heavy atom. The van der Waals surface area contributed by atoms with Gasteiger partial charge < -0.3 is 14.0 Å². The fourth-order valence-electron chi connectivity index (χ4n) is 6.37. The number of pyridine rings is 2. The molecule has 4 aromatic heterocycles. The normalized spacial score (nSPS) is 12.4. The van der Waals surface area contributed by atoms with E-state index in [9.17, 15) is 0 Å². The van der Waals surface area contributed by atoms with Crippen LogP contribution in [0.25, 0.3) is 61.3 Å². The summed E-state index contributed by atoms with van der Waals surface area (Å²) in [5.41, 5.74) is 10.2. The Kier molecular flexibility index (Phi) is 9.77. The molecule has 0 spiro atoms. The van der Waals surface area contributed by atoms with Gasteiger partial charge in [0.2, 0.25) is 0 Å². The Balaban J connectivity index is 0.000000188. The SMILES string of the molecule is Cc1ccc2c(c1)oc1c(-c3nc4ccncc4n3-c3ccccc3)[c-]cc(C)c12.[2H]C([2H])(c1cc(-c2[c-]cccc2)ncc1[Si](C)(C)C)C(C)C.[Ir]. The fourth-order valence-corrected chi connectivity index (χ4v) is 7.77. The monoisotopic (exact) mass is 865 g/mol. The van der Waals surface area contributed by atoms with E-state index in [4.69, 9.17) is 12.1 Å². The van der Waals surface area contributed by atoms with Crippen molar-refractivity contribution in [3.63, 3.8) is 0 Å². The van der Waals surface area contributed by atoms with Gasteiger partial charge in [-0.25, -0.2) is 0 Å². The van der Waals surface area contributed by atoms with Gasteiger partial charge >= 0.3 is 0 Å². The molecule has 8 aromatic rings. The Morgan fingerprint density at radius 1 is 0.922 bits per heavy atom. The van der Waals surface area contributed by atoms with Crippen molar-refractivity contribution in [3.8, 4) is 28.3 Å². The summed E-state index contributed by atoms with van der Waals surface area (Å²) in [5, 5.41) is 3.34. The first kappa shape index (κ1) is 33.5. The number of benzene rings is 4. The number of nitrogens with zero attached hydrogens (tertiary/aromatic N) is 4.